The Bertz CT molecular complexity index is 690. The molecule has 4 nitrogen and oxygen atoms in total. The monoisotopic (exact) mass is 338 g/mol. The van der Waals surface area contributed by atoms with E-state index in [4.69, 9.17) is 27.9 Å². The SMILES string of the molecule is COc1ccc(C)cc1NCC(=O)Nc1cccc(Cl)c1Cl. The van der Waals surface area contributed by atoms with Crippen LogP contribution in [0.3, 0.4) is 0 Å². The molecule has 2 rings (SSSR count). The second-order valence-corrected chi connectivity index (χ2v) is 5.49. The van der Waals surface area contributed by atoms with Crippen molar-refractivity contribution < 1.29 is 9.53 Å². The fraction of sp³-hybridized carbons (Fsp3) is 0.188. The van der Waals surface area contributed by atoms with Crippen LogP contribution in [0.1, 0.15) is 5.56 Å². The van der Waals surface area contributed by atoms with Crippen LogP contribution < -0.4 is 15.4 Å². The Morgan fingerprint density at radius 1 is 1.18 bits per heavy atom. The third-order valence-corrected chi connectivity index (χ3v) is 3.84. The summed E-state index contributed by atoms with van der Waals surface area (Å²) in [6.45, 7) is 2.05. The lowest BCUT2D eigenvalue weighted by Crippen LogP contribution is -2.22. The number of anilines is 2. The van der Waals surface area contributed by atoms with Crippen LogP contribution in [0.25, 0.3) is 0 Å². The van der Waals surface area contributed by atoms with Gasteiger partial charge < -0.3 is 15.4 Å². The number of aryl methyl sites for hydroxylation is 1. The highest BCUT2D eigenvalue weighted by atomic mass is 35.5. The Kier molecular flexibility index (Phi) is 5.52. The molecule has 116 valence electrons. The van der Waals surface area contributed by atoms with Crippen LogP contribution in [0.15, 0.2) is 36.4 Å². The molecule has 2 aromatic carbocycles. The quantitative estimate of drug-likeness (QED) is 0.851. The fourth-order valence-electron chi connectivity index (χ4n) is 1.93. The summed E-state index contributed by atoms with van der Waals surface area (Å²) in [5.41, 5.74) is 2.31. The van der Waals surface area contributed by atoms with Gasteiger partial charge in [0.15, 0.2) is 0 Å². The minimum Gasteiger partial charge on any atom is -0.495 e. The summed E-state index contributed by atoms with van der Waals surface area (Å²) in [4.78, 5) is 12.0. The molecule has 0 spiro atoms. The second-order valence-electron chi connectivity index (χ2n) is 4.71. The van der Waals surface area contributed by atoms with E-state index in [1.54, 1.807) is 25.3 Å². The predicted octanol–water partition coefficient (Wildman–Crippen LogP) is 4.36. The molecule has 1 amide bonds. The van der Waals surface area contributed by atoms with Gasteiger partial charge in [0.25, 0.3) is 0 Å². The third-order valence-electron chi connectivity index (χ3n) is 3.02. The molecule has 0 saturated heterocycles. The topological polar surface area (TPSA) is 50.4 Å². The number of halogens is 2. The van der Waals surface area contributed by atoms with Gasteiger partial charge in [-0.05, 0) is 36.8 Å². The Morgan fingerprint density at radius 3 is 2.68 bits per heavy atom. The van der Waals surface area contributed by atoms with Crippen LogP contribution >= 0.6 is 23.2 Å². The van der Waals surface area contributed by atoms with Crippen molar-refractivity contribution >= 4 is 40.5 Å². The molecule has 0 fully saturated rings. The van der Waals surface area contributed by atoms with E-state index in [0.29, 0.717) is 21.5 Å². The van der Waals surface area contributed by atoms with Gasteiger partial charge in [-0.15, -0.1) is 0 Å². The van der Waals surface area contributed by atoms with Crippen molar-refractivity contribution in [3.05, 3.63) is 52.0 Å². The van der Waals surface area contributed by atoms with E-state index in [0.717, 1.165) is 11.3 Å². The molecule has 2 aromatic rings. The first kappa shape index (κ1) is 16.5. The van der Waals surface area contributed by atoms with Crippen molar-refractivity contribution in [1.82, 2.24) is 0 Å². The van der Waals surface area contributed by atoms with Crippen molar-refractivity contribution in [3.8, 4) is 5.75 Å². The van der Waals surface area contributed by atoms with Crippen molar-refractivity contribution in [2.75, 3.05) is 24.3 Å². The molecule has 0 saturated carbocycles. The first-order valence-electron chi connectivity index (χ1n) is 6.63. The maximum atomic E-state index is 12.0. The molecular weight excluding hydrogens is 323 g/mol. The molecule has 0 aromatic heterocycles. The third kappa shape index (κ3) is 4.06. The fourth-order valence-corrected chi connectivity index (χ4v) is 2.28. The number of benzene rings is 2. The molecule has 0 unspecified atom stereocenters. The summed E-state index contributed by atoms with van der Waals surface area (Å²) >= 11 is 11.9. The lowest BCUT2D eigenvalue weighted by atomic mass is 10.2. The molecule has 0 aliphatic heterocycles. The zero-order valence-electron chi connectivity index (χ0n) is 12.2. The number of amides is 1. The molecular formula is C16H16Cl2N2O2. The minimum atomic E-state index is -0.229. The Balaban J connectivity index is 2.01. The van der Waals surface area contributed by atoms with Crippen molar-refractivity contribution in [3.63, 3.8) is 0 Å². The summed E-state index contributed by atoms with van der Waals surface area (Å²) < 4.78 is 5.25. The smallest absolute Gasteiger partial charge is 0.243 e. The van der Waals surface area contributed by atoms with E-state index >= 15 is 0 Å². The highest BCUT2D eigenvalue weighted by Gasteiger charge is 2.09. The van der Waals surface area contributed by atoms with Gasteiger partial charge in [0, 0.05) is 0 Å². The Morgan fingerprint density at radius 2 is 1.95 bits per heavy atom. The standard InChI is InChI=1S/C16H16Cl2N2O2/c1-10-6-7-14(22-2)13(8-10)19-9-15(21)20-12-5-3-4-11(17)16(12)18/h3-8,19H,9H2,1-2H3,(H,20,21). The van der Waals surface area contributed by atoms with Crippen LogP contribution in [0.2, 0.25) is 10.0 Å². The van der Waals surface area contributed by atoms with E-state index in [1.807, 2.05) is 25.1 Å². The molecule has 6 heteroatoms. The van der Waals surface area contributed by atoms with Crippen molar-refractivity contribution in [1.29, 1.82) is 0 Å². The highest BCUT2D eigenvalue weighted by Crippen LogP contribution is 2.29. The predicted molar refractivity (Wildman–Crippen MR) is 91.3 cm³/mol. The molecule has 0 bridgehead atoms. The molecule has 0 aliphatic rings. The summed E-state index contributed by atoms with van der Waals surface area (Å²) in [6, 6.07) is 10.8. The Labute approximate surface area is 139 Å². The van der Waals surface area contributed by atoms with E-state index in [1.165, 1.54) is 0 Å². The maximum absolute atomic E-state index is 12.0. The molecule has 0 atom stereocenters. The minimum absolute atomic E-state index is 0.0860. The number of methoxy groups -OCH3 is 1. The number of nitrogens with one attached hydrogen (secondary N) is 2. The largest absolute Gasteiger partial charge is 0.495 e. The highest BCUT2D eigenvalue weighted by molar-refractivity contribution is 6.44. The van der Waals surface area contributed by atoms with Crippen LogP contribution in [0, 0.1) is 6.92 Å². The second kappa shape index (κ2) is 7.38. The molecule has 0 heterocycles. The van der Waals surface area contributed by atoms with Crippen LogP contribution in [-0.2, 0) is 4.79 Å². The lowest BCUT2D eigenvalue weighted by Gasteiger charge is -2.13. The van der Waals surface area contributed by atoms with Crippen LogP contribution in [0.5, 0.6) is 5.75 Å². The van der Waals surface area contributed by atoms with Crippen LogP contribution in [-0.4, -0.2) is 19.6 Å². The number of ether oxygens (including phenoxy) is 1. The van der Waals surface area contributed by atoms with E-state index in [2.05, 4.69) is 10.6 Å². The number of carbonyl (C=O) groups is 1. The summed E-state index contributed by atoms with van der Waals surface area (Å²) in [5, 5.41) is 6.48. The number of rotatable bonds is 5. The van der Waals surface area contributed by atoms with Gasteiger partial charge >= 0.3 is 0 Å². The first-order chi connectivity index (χ1) is 10.5. The summed E-state index contributed by atoms with van der Waals surface area (Å²) in [6.07, 6.45) is 0. The van der Waals surface area contributed by atoms with Crippen molar-refractivity contribution in [2.24, 2.45) is 0 Å². The zero-order chi connectivity index (χ0) is 16.1. The van der Waals surface area contributed by atoms with Gasteiger partial charge in [0.2, 0.25) is 5.91 Å². The number of hydrogen-bond acceptors (Lipinski definition) is 3. The number of hydrogen-bond donors (Lipinski definition) is 2. The van der Waals surface area contributed by atoms with Gasteiger partial charge in [-0.2, -0.15) is 0 Å². The van der Waals surface area contributed by atoms with E-state index in [9.17, 15) is 4.79 Å². The first-order valence-corrected chi connectivity index (χ1v) is 7.39. The van der Waals surface area contributed by atoms with Gasteiger partial charge in [-0.1, -0.05) is 35.3 Å². The summed E-state index contributed by atoms with van der Waals surface area (Å²) in [7, 11) is 1.58. The van der Waals surface area contributed by atoms with Crippen LogP contribution in [0.4, 0.5) is 11.4 Å². The number of carbonyl (C=O) groups excluding carboxylic acids is 1. The van der Waals surface area contributed by atoms with Gasteiger partial charge in [0.1, 0.15) is 5.75 Å². The van der Waals surface area contributed by atoms with Gasteiger partial charge in [0.05, 0.1) is 35.1 Å². The molecule has 22 heavy (non-hydrogen) atoms. The van der Waals surface area contributed by atoms with E-state index < -0.39 is 0 Å². The van der Waals surface area contributed by atoms with Gasteiger partial charge in [-0.25, -0.2) is 0 Å². The lowest BCUT2D eigenvalue weighted by molar-refractivity contribution is -0.114. The van der Waals surface area contributed by atoms with E-state index in [-0.39, 0.29) is 12.5 Å². The molecule has 2 N–H and O–H groups in total. The Hall–Kier alpha value is -1.91. The maximum Gasteiger partial charge on any atom is 0.243 e. The normalized spacial score (nSPS) is 10.2. The zero-order valence-corrected chi connectivity index (χ0v) is 13.8. The van der Waals surface area contributed by atoms with Crippen molar-refractivity contribution in [2.45, 2.75) is 6.92 Å². The molecule has 0 radical (unpaired) electrons. The van der Waals surface area contributed by atoms with Gasteiger partial charge in [-0.3, -0.25) is 4.79 Å². The summed E-state index contributed by atoms with van der Waals surface area (Å²) in [5.74, 6) is 0.451. The average molecular weight is 339 g/mol. The average Bonchev–Trinajstić information content (AvgIpc) is 2.50. The molecule has 0 aliphatic carbocycles.